The number of carboxylic acids is 1. The molecule has 0 aliphatic heterocycles. The van der Waals surface area contributed by atoms with Gasteiger partial charge in [0.25, 0.3) is 0 Å². The molecule has 3 N–H and O–H groups in total. The first kappa shape index (κ1) is 11.7. The summed E-state index contributed by atoms with van der Waals surface area (Å²) in [5, 5.41) is 9.31. The lowest BCUT2D eigenvalue weighted by atomic mass is 10.1. The van der Waals surface area contributed by atoms with E-state index >= 15 is 0 Å². The van der Waals surface area contributed by atoms with Crippen LogP contribution in [0.15, 0.2) is 30.6 Å². The molecule has 0 bridgehead atoms. The number of fused-ring (bicyclic) bond motifs is 1. The van der Waals surface area contributed by atoms with Crippen LogP contribution in [0.5, 0.6) is 0 Å². The molecule has 0 aliphatic carbocycles. The molecule has 0 atom stereocenters. The number of rotatable bonds is 2. The third-order valence-corrected chi connectivity index (χ3v) is 4.06. The molecular weight excluding hydrogens is 262 g/mol. The number of carboxylic acid groups (broad SMARTS) is 1. The summed E-state index contributed by atoms with van der Waals surface area (Å²) in [6.07, 6.45) is 3.40. The topological polar surface area (TPSA) is 80.6 Å². The summed E-state index contributed by atoms with van der Waals surface area (Å²) in [6, 6.07) is 5.56. The molecule has 6 heteroatoms. The summed E-state index contributed by atoms with van der Waals surface area (Å²) in [6.45, 7) is 1.91. The van der Waals surface area contributed by atoms with Crippen LogP contribution in [0.3, 0.4) is 0 Å². The highest BCUT2D eigenvalue weighted by atomic mass is 32.1. The maximum absolute atomic E-state index is 11.4. The number of anilines is 1. The number of imidazole rings is 1. The van der Waals surface area contributed by atoms with Gasteiger partial charge in [-0.25, -0.2) is 9.78 Å². The third-order valence-electron chi connectivity index (χ3n) is 3.00. The molecule has 2 heterocycles. The average Bonchev–Trinajstić information content (AvgIpc) is 2.92. The van der Waals surface area contributed by atoms with Gasteiger partial charge in [-0.05, 0) is 18.6 Å². The maximum Gasteiger partial charge on any atom is 0.348 e. The number of nitrogens with two attached hydrogens (primary N) is 1. The Labute approximate surface area is 112 Å². The van der Waals surface area contributed by atoms with Gasteiger partial charge in [-0.1, -0.05) is 23.5 Å². The Morgan fingerprint density at radius 1 is 1.47 bits per heavy atom. The van der Waals surface area contributed by atoms with Crippen molar-refractivity contribution in [1.82, 2.24) is 9.38 Å². The molecule has 1 aromatic carbocycles. The van der Waals surface area contributed by atoms with Crippen molar-refractivity contribution in [3.05, 3.63) is 41.0 Å². The molecular formula is C13H11N3O2S. The van der Waals surface area contributed by atoms with Gasteiger partial charge < -0.3 is 10.8 Å². The van der Waals surface area contributed by atoms with Crippen LogP contribution in [0.2, 0.25) is 0 Å². The van der Waals surface area contributed by atoms with Crippen molar-refractivity contribution in [2.45, 2.75) is 6.92 Å². The van der Waals surface area contributed by atoms with E-state index in [2.05, 4.69) is 4.98 Å². The lowest BCUT2D eigenvalue weighted by Crippen LogP contribution is -1.98. The summed E-state index contributed by atoms with van der Waals surface area (Å²) >= 11 is 1.16. The number of nitrogen functional groups attached to an aromatic ring is 1. The zero-order valence-corrected chi connectivity index (χ0v) is 10.9. The Kier molecular flexibility index (Phi) is 2.53. The first-order valence-electron chi connectivity index (χ1n) is 5.63. The predicted molar refractivity (Wildman–Crippen MR) is 74.6 cm³/mol. The molecule has 2 aromatic heterocycles. The van der Waals surface area contributed by atoms with E-state index in [1.807, 2.05) is 19.1 Å². The lowest BCUT2D eigenvalue weighted by Gasteiger charge is -2.05. The fourth-order valence-corrected chi connectivity index (χ4v) is 2.93. The Morgan fingerprint density at radius 3 is 2.95 bits per heavy atom. The standard InChI is InChI=1S/C13H11N3O2S/c1-7-2-3-8(6-9(7)14)10-11(12(17)18)19-13-15-4-5-16(10)13/h2-6H,14H2,1H3,(H,17,18). The quantitative estimate of drug-likeness (QED) is 0.703. The normalized spacial score (nSPS) is 11.0. The second-order valence-electron chi connectivity index (χ2n) is 4.24. The summed E-state index contributed by atoms with van der Waals surface area (Å²) in [7, 11) is 0. The molecule has 19 heavy (non-hydrogen) atoms. The molecule has 0 saturated carbocycles. The van der Waals surface area contributed by atoms with Crippen molar-refractivity contribution in [2.75, 3.05) is 5.73 Å². The van der Waals surface area contributed by atoms with Gasteiger partial charge >= 0.3 is 5.97 Å². The SMILES string of the molecule is Cc1ccc(-c2c(C(=O)O)sc3nccn23)cc1N. The molecule has 3 aromatic rings. The zero-order chi connectivity index (χ0) is 13.6. The van der Waals surface area contributed by atoms with Crippen LogP contribution in [-0.2, 0) is 0 Å². The smallest absolute Gasteiger partial charge is 0.348 e. The summed E-state index contributed by atoms with van der Waals surface area (Å²) in [4.78, 5) is 16.4. The van der Waals surface area contributed by atoms with E-state index in [0.29, 0.717) is 16.3 Å². The van der Waals surface area contributed by atoms with Gasteiger partial charge in [0.1, 0.15) is 4.88 Å². The summed E-state index contributed by atoms with van der Waals surface area (Å²) in [5.74, 6) is -0.954. The van der Waals surface area contributed by atoms with Crippen LogP contribution in [0, 0.1) is 6.92 Å². The van der Waals surface area contributed by atoms with Gasteiger partial charge in [0.05, 0.1) is 5.69 Å². The number of aryl methyl sites for hydroxylation is 1. The molecule has 0 aliphatic rings. The van der Waals surface area contributed by atoms with Crippen LogP contribution in [0.4, 0.5) is 5.69 Å². The van der Waals surface area contributed by atoms with Gasteiger partial charge in [0.2, 0.25) is 0 Å². The summed E-state index contributed by atoms with van der Waals surface area (Å²) < 4.78 is 1.78. The Balaban J connectivity index is 2.32. The minimum absolute atomic E-state index is 0.270. The van der Waals surface area contributed by atoms with Gasteiger partial charge in [0, 0.05) is 23.6 Å². The zero-order valence-electron chi connectivity index (χ0n) is 10.1. The molecule has 3 rings (SSSR count). The lowest BCUT2D eigenvalue weighted by molar-refractivity contribution is 0.0702. The van der Waals surface area contributed by atoms with Crippen molar-refractivity contribution >= 4 is 28.0 Å². The van der Waals surface area contributed by atoms with Crippen LogP contribution < -0.4 is 5.73 Å². The molecule has 5 nitrogen and oxygen atoms in total. The van der Waals surface area contributed by atoms with Crippen molar-refractivity contribution in [3.8, 4) is 11.3 Å². The second kappa shape index (κ2) is 4.10. The van der Waals surface area contributed by atoms with E-state index in [1.165, 1.54) is 0 Å². The minimum Gasteiger partial charge on any atom is -0.477 e. The Hall–Kier alpha value is -2.34. The van der Waals surface area contributed by atoms with Crippen LogP contribution in [0.1, 0.15) is 15.2 Å². The Bertz CT molecular complexity index is 788. The number of thiazole rings is 1. The monoisotopic (exact) mass is 273 g/mol. The van der Waals surface area contributed by atoms with Crippen molar-refractivity contribution in [3.63, 3.8) is 0 Å². The maximum atomic E-state index is 11.4. The van der Waals surface area contributed by atoms with Gasteiger partial charge in [-0.15, -0.1) is 0 Å². The minimum atomic E-state index is -0.954. The molecule has 0 amide bonds. The average molecular weight is 273 g/mol. The molecule has 0 radical (unpaired) electrons. The van der Waals surface area contributed by atoms with Gasteiger partial charge in [-0.3, -0.25) is 4.40 Å². The number of hydrogen-bond donors (Lipinski definition) is 2. The highest BCUT2D eigenvalue weighted by Gasteiger charge is 2.20. The first-order valence-corrected chi connectivity index (χ1v) is 6.45. The van der Waals surface area contributed by atoms with E-state index in [0.717, 1.165) is 22.5 Å². The third kappa shape index (κ3) is 1.77. The van der Waals surface area contributed by atoms with Crippen LogP contribution >= 0.6 is 11.3 Å². The van der Waals surface area contributed by atoms with E-state index in [4.69, 9.17) is 5.73 Å². The van der Waals surface area contributed by atoms with E-state index in [-0.39, 0.29) is 4.88 Å². The molecule has 0 saturated heterocycles. The van der Waals surface area contributed by atoms with E-state index in [9.17, 15) is 9.90 Å². The molecule has 0 fully saturated rings. The number of benzene rings is 1. The Morgan fingerprint density at radius 2 is 2.26 bits per heavy atom. The van der Waals surface area contributed by atoms with Crippen molar-refractivity contribution in [2.24, 2.45) is 0 Å². The summed E-state index contributed by atoms with van der Waals surface area (Å²) in [5.41, 5.74) is 8.92. The first-order chi connectivity index (χ1) is 9.08. The van der Waals surface area contributed by atoms with Crippen molar-refractivity contribution < 1.29 is 9.90 Å². The highest BCUT2D eigenvalue weighted by molar-refractivity contribution is 7.19. The molecule has 96 valence electrons. The van der Waals surface area contributed by atoms with Gasteiger partial charge in [0.15, 0.2) is 4.96 Å². The van der Waals surface area contributed by atoms with E-state index in [1.54, 1.807) is 22.9 Å². The number of aromatic carboxylic acids is 1. The highest BCUT2D eigenvalue weighted by Crippen LogP contribution is 2.32. The number of carbonyl (C=O) groups is 1. The predicted octanol–water partition coefficient (Wildman–Crippen LogP) is 2.65. The van der Waals surface area contributed by atoms with Crippen LogP contribution in [-0.4, -0.2) is 20.5 Å². The second-order valence-corrected chi connectivity index (χ2v) is 5.21. The number of nitrogens with zero attached hydrogens (tertiary/aromatic N) is 2. The largest absolute Gasteiger partial charge is 0.477 e. The fourth-order valence-electron chi connectivity index (χ4n) is 1.99. The fraction of sp³-hybridized carbons (Fsp3) is 0.0769. The van der Waals surface area contributed by atoms with Crippen molar-refractivity contribution in [1.29, 1.82) is 0 Å². The van der Waals surface area contributed by atoms with E-state index < -0.39 is 5.97 Å². The van der Waals surface area contributed by atoms with Gasteiger partial charge in [-0.2, -0.15) is 0 Å². The number of hydrogen-bond acceptors (Lipinski definition) is 4. The van der Waals surface area contributed by atoms with Crippen LogP contribution in [0.25, 0.3) is 16.2 Å². The molecule has 0 spiro atoms. The number of aromatic nitrogens is 2. The molecule has 0 unspecified atom stereocenters.